The molecule has 4 N–H and O–H groups in total. The van der Waals surface area contributed by atoms with Crippen molar-refractivity contribution in [2.24, 2.45) is 21.9 Å². The van der Waals surface area contributed by atoms with Gasteiger partial charge in [-0.15, -0.1) is 0 Å². The third kappa shape index (κ3) is 6.84. The van der Waals surface area contributed by atoms with Crippen LogP contribution in [-0.2, 0) is 9.59 Å². The van der Waals surface area contributed by atoms with Crippen molar-refractivity contribution < 1.29 is 35.9 Å². The number of aromatic nitrogens is 2. The van der Waals surface area contributed by atoms with Gasteiger partial charge in [0.1, 0.15) is 0 Å². The van der Waals surface area contributed by atoms with Crippen LogP contribution in [0.4, 0.5) is 0 Å². The Morgan fingerprint density at radius 3 is 2.64 bits per heavy atom. The Labute approximate surface area is 221 Å². The Hall–Kier alpha value is -2.93. The number of hydrogen-bond donors (Lipinski definition) is 3. The van der Waals surface area contributed by atoms with E-state index in [0.29, 0.717) is 21.1 Å². The van der Waals surface area contributed by atoms with Crippen LogP contribution in [-0.4, -0.2) is 71.4 Å². The molecule has 0 radical (unpaired) electrons. The first kappa shape index (κ1) is 27.7. The Morgan fingerprint density at radius 1 is 1.31 bits per heavy atom. The molecule has 0 unspecified atom stereocenters. The van der Waals surface area contributed by atoms with Gasteiger partial charge in [0.25, 0.3) is 0 Å². The molecular formula is C25H33IN7O3-. The molecule has 0 spiro atoms. The molecule has 1 aromatic carbocycles. The number of amides is 2. The number of alkyl halides is 2. The van der Waals surface area contributed by atoms with Crippen LogP contribution in [0.3, 0.4) is 0 Å². The Morgan fingerprint density at radius 2 is 2.06 bits per heavy atom. The Kier molecular flexibility index (Phi) is 10.3. The summed E-state index contributed by atoms with van der Waals surface area (Å²) in [4.78, 5) is 41.0. The third-order valence-corrected chi connectivity index (χ3v) is 8.59. The summed E-state index contributed by atoms with van der Waals surface area (Å²) in [5.74, 6) is 4.90. The normalized spacial score (nSPS) is 18.2. The van der Waals surface area contributed by atoms with Crippen molar-refractivity contribution in [3.05, 3.63) is 48.4 Å². The summed E-state index contributed by atoms with van der Waals surface area (Å²) in [5.41, 5.74) is 3.07. The van der Waals surface area contributed by atoms with Crippen molar-refractivity contribution in [2.45, 2.75) is 45.3 Å². The topological polar surface area (TPSA) is 146 Å². The second-order valence-electron chi connectivity index (χ2n) is 8.69. The maximum absolute atomic E-state index is 13.4. The number of aliphatic hydroxyl groups excluding tert-OH is 1. The summed E-state index contributed by atoms with van der Waals surface area (Å²) in [7, 11) is 0. The van der Waals surface area contributed by atoms with Crippen LogP contribution in [0.5, 0.6) is 0 Å². The molecule has 36 heavy (non-hydrogen) atoms. The van der Waals surface area contributed by atoms with Crippen molar-refractivity contribution in [3.63, 3.8) is 0 Å². The number of carbonyl (C=O) groups excluding carboxylic acids is 2. The van der Waals surface area contributed by atoms with Crippen molar-refractivity contribution in [1.82, 2.24) is 20.2 Å². The molecule has 11 heteroatoms. The van der Waals surface area contributed by atoms with Crippen molar-refractivity contribution in [2.75, 3.05) is 15.6 Å². The average Bonchev–Trinajstić information content (AvgIpc) is 3.40. The number of benzene rings is 1. The molecule has 2 heterocycles. The molecule has 1 fully saturated rings. The van der Waals surface area contributed by atoms with E-state index in [1.165, 1.54) is 6.33 Å². The van der Waals surface area contributed by atoms with Crippen LogP contribution in [0.1, 0.15) is 38.8 Å². The first-order valence-corrected chi connectivity index (χ1v) is 14.9. The molecular weight excluding hydrogens is 573 g/mol. The monoisotopic (exact) mass is 606 g/mol. The molecule has 0 bridgehead atoms. The summed E-state index contributed by atoms with van der Waals surface area (Å²) in [6.07, 6.45) is 5.33. The van der Waals surface area contributed by atoms with Crippen LogP contribution < -0.4 is 32.4 Å². The predicted molar refractivity (Wildman–Crippen MR) is 135 cm³/mol. The van der Waals surface area contributed by atoms with E-state index in [0.717, 1.165) is 16.8 Å². The van der Waals surface area contributed by atoms with Crippen LogP contribution in [0.25, 0.3) is 11.3 Å². The van der Waals surface area contributed by atoms with Gasteiger partial charge in [-0.3, -0.25) is 0 Å². The van der Waals surface area contributed by atoms with E-state index in [9.17, 15) is 14.7 Å². The number of hydrogen-bond acceptors (Lipinski definition) is 8. The molecule has 194 valence electrons. The minimum atomic E-state index is -0.617. The van der Waals surface area contributed by atoms with E-state index in [4.69, 9.17) is 5.84 Å². The zero-order valence-electron chi connectivity index (χ0n) is 20.7. The van der Waals surface area contributed by atoms with Gasteiger partial charge >= 0.3 is 217 Å². The molecule has 10 nitrogen and oxygen atoms in total. The van der Waals surface area contributed by atoms with Gasteiger partial charge in [-0.2, -0.15) is 0 Å². The number of carbonyl (C=O) groups is 2. The van der Waals surface area contributed by atoms with Gasteiger partial charge in [0.05, 0.1) is 0 Å². The van der Waals surface area contributed by atoms with Crippen LogP contribution in [0.2, 0.25) is 0 Å². The van der Waals surface area contributed by atoms with E-state index in [2.05, 4.69) is 25.4 Å². The number of nitrogens with zero attached hydrogens (tertiary/aromatic N) is 5. The van der Waals surface area contributed by atoms with Crippen molar-refractivity contribution in [3.8, 4) is 11.3 Å². The summed E-state index contributed by atoms with van der Waals surface area (Å²) < 4.78 is 1.26. The van der Waals surface area contributed by atoms with Gasteiger partial charge in [0, 0.05) is 0 Å². The zero-order chi connectivity index (χ0) is 26.1. The molecule has 1 saturated heterocycles. The van der Waals surface area contributed by atoms with Gasteiger partial charge in [0.2, 0.25) is 0 Å². The maximum atomic E-state index is 13.4. The molecule has 2 amide bonds. The number of hydrazone groups is 1. The minimum absolute atomic E-state index is 0.0502. The summed E-state index contributed by atoms with van der Waals surface area (Å²) >= 11 is -0.322. The number of rotatable bonds is 10. The molecule has 0 saturated carbocycles. The van der Waals surface area contributed by atoms with Crippen LogP contribution >= 0.6 is 0 Å². The number of nitrogens with two attached hydrogens (primary N) is 1. The second kappa shape index (κ2) is 13.4. The summed E-state index contributed by atoms with van der Waals surface area (Å²) in [5, 5.41) is 16.6. The molecule has 2 aromatic rings. The first-order chi connectivity index (χ1) is 17.4. The standard InChI is InChI=1S/C25H33IN7O3/c1-4-19(32-27)12-29-23(16(2)3)25(36)33-14-26-11-22(33)24(35)31-21(13-34)18-7-5-17(6-8-18)20-9-10-28-15-30-20/h5-10,12,15-16,21-23,34H,4,11,13-14,27H2,1-3H3,(H,31,35)/q-1/b29-12?,32-19-/t21-,22-,23-/m0/s1. The fraction of sp³-hybridized carbons (Fsp3) is 0.440. The Balaban J connectivity index is 1.71. The third-order valence-electron chi connectivity index (χ3n) is 5.92. The molecule has 0 aliphatic carbocycles. The number of aliphatic hydroxyl groups is 1. The molecule has 3 atom stereocenters. The van der Waals surface area contributed by atoms with E-state index >= 15 is 0 Å². The zero-order valence-corrected chi connectivity index (χ0v) is 22.9. The van der Waals surface area contributed by atoms with E-state index in [1.807, 2.05) is 51.1 Å². The number of aliphatic imine (C=N–C) groups is 1. The van der Waals surface area contributed by atoms with Gasteiger partial charge in [-0.25, -0.2) is 4.98 Å². The SMILES string of the molecule is CC/C(C=N[C@H](C(=O)N1C[I-]C[C@H]1C(=O)N[C@@H](CO)c1ccc(-c2ccncn2)cc1)C(C)C)=N/N. The van der Waals surface area contributed by atoms with Gasteiger partial charge in [-0.1, -0.05) is 0 Å². The van der Waals surface area contributed by atoms with Crippen LogP contribution in [0, 0.1) is 5.92 Å². The summed E-state index contributed by atoms with van der Waals surface area (Å²) in [6.45, 7) is 5.51. The molecule has 3 rings (SSSR count). The Bertz CT molecular complexity index is 1080. The van der Waals surface area contributed by atoms with Crippen molar-refractivity contribution >= 4 is 23.7 Å². The van der Waals surface area contributed by atoms with Gasteiger partial charge in [-0.05, 0) is 0 Å². The summed E-state index contributed by atoms with van der Waals surface area (Å²) in [6, 6.07) is 7.55. The van der Waals surface area contributed by atoms with Crippen molar-refractivity contribution in [1.29, 1.82) is 0 Å². The predicted octanol–water partition coefficient (Wildman–Crippen LogP) is -1.63. The van der Waals surface area contributed by atoms with E-state index < -0.39 is 18.1 Å². The molecule has 1 aliphatic rings. The average molecular weight is 606 g/mol. The van der Waals surface area contributed by atoms with E-state index in [-0.39, 0.29) is 45.5 Å². The molecule has 1 aromatic heterocycles. The fourth-order valence-corrected chi connectivity index (χ4v) is 6.83. The van der Waals surface area contributed by atoms with Crippen LogP contribution in [0.15, 0.2) is 52.9 Å². The first-order valence-electron chi connectivity index (χ1n) is 11.8. The molecule has 1 aliphatic heterocycles. The number of halogens is 1. The second-order valence-corrected chi connectivity index (χ2v) is 11.3. The quantitative estimate of drug-likeness (QED) is 0.0740. The fourth-order valence-electron chi connectivity index (χ4n) is 3.76. The van der Waals surface area contributed by atoms with Gasteiger partial charge < -0.3 is 0 Å². The number of nitrogens with one attached hydrogen (secondary N) is 1. The van der Waals surface area contributed by atoms with E-state index in [1.54, 1.807) is 17.3 Å². The van der Waals surface area contributed by atoms with Gasteiger partial charge in [0.15, 0.2) is 0 Å².